The van der Waals surface area contributed by atoms with Crippen LogP contribution in [0.15, 0.2) is 12.7 Å². The van der Waals surface area contributed by atoms with Gasteiger partial charge in [0.15, 0.2) is 0 Å². The van der Waals surface area contributed by atoms with Gasteiger partial charge >= 0.3 is 0 Å². The summed E-state index contributed by atoms with van der Waals surface area (Å²) < 4.78 is 4.99. The third kappa shape index (κ3) is 11.7. The molecule has 0 aliphatic carbocycles. The van der Waals surface area contributed by atoms with Crippen LogP contribution in [0.5, 0.6) is 0 Å². The van der Waals surface area contributed by atoms with Crippen LogP contribution in [0.25, 0.3) is 0 Å². The monoisotopic (exact) mass is 227 g/mol. The summed E-state index contributed by atoms with van der Waals surface area (Å²) in [5, 5.41) is 3.41. The van der Waals surface area contributed by atoms with Crippen molar-refractivity contribution in [1.29, 1.82) is 0 Å². The van der Waals surface area contributed by atoms with Crippen molar-refractivity contribution in [3.8, 4) is 0 Å². The summed E-state index contributed by atoms with van der Waals surface area (Å²) in [7, 11) is 1.74. The first-order chi connectivity index (χ1) is 7.81. The summed E-state index contributed by atoms with van der Waals surface area (Å²) in [6.07, 6.45) is 9.94. The number of allylic oxidation sites excluding steroid dienone is 1. The van der Waals surface area contributed by atoms with Gasteiger partial charge in [0.2, 0.25) is 0 Å². The van der Waals surface area contributed by atoms with E-state index in [4.69, 9.17) is 4.74 Å². The highest BCUT2D eigenvalue weighted by atomic mass is 16.5. The fraction of sp³-hybridized carbons (Fsp3) is 0.857. The number of ether oxygens (including phenoxy) is 1. The van der Waals surface area contributed by atoms with Gasteiger partial charge in [-0.05, 0) is 31.7 Å². The average molecular weight is 227 g/mol. The molecule has 0 aromatic rings. The highest BCUT2D eigenvalue weighted by Crippen LogP contribution is 2.10. The first-order valence-corrected chi connectivity index (χ1v) is 6.61. The summed E-state index contributed by atoms with van der Waals surface area (Å²) >= 11 is 0. The summed E-state index contributed by atoms with van der Waals surface area (Å²) in [6.45, 7) is 8.97. The summed E-state index contributed by atoms with van der Waals surface area (Å²) in [6, 6.07) is 0. The lowest BCUT2D eigenvalue weighted by Gasteiger charge is -2.12. The molecule has 1 unspecified atom stereocenters. The second kappa shape index (κ2) is 12.7. The predicted molar refractivity (Wildman–Crippen MR) is 71.8 cm³/mol. The molecular formula is C14H29NO. The van der Waals surface area contributed by atoms with Gasteiger partial charge in [0.05, 0.1) is 6.61 Å². The second-order valence-electron chi connectivity index (χ2n) is 4.58. The Morgan fingerprint density at radius 1 is 1.25 bits per heavy atom. The summed E-state index contributed by atoms with van der Waals surface area (Å²) in [5.74, 6) is 0.788. The van der Waals surface area contributed by atoms with Crippen molar-refractivity contribution < 1.29 is 4.74 Å². The van der Waals surface area contributed by atoms with Crippen LogP contribution in [0.4, 0.5) is 0 Å². The van der Waals surface area contributed by atoms with Crippen molar-refractivity contribution in [2.45, 2.75) is 45.4 Å². The Kier molecular flexibility index (Phi) is 12.5. The minimum Gasteiger partial charge on any atom is -0.383 e. The molecule has 1 N–H and O–H groups in total. The zero-order chi connectivity index (χ0) is 12.1. The Morgan fingerprint density at radius 3 is 2.69 bits per heavy atom. The van der Waals surface area contributed by atoms with E-state index < -0.39 is 0 Å². The third-order valence-electron chi connectivity index (χ3n) is 2.83. The van der Waals surface area contributed by atoms with Crippen LogP contribution >= 0.6 is 0 Å². The van der Waals surface area contributed by atoms with E-state index in [-0.39, 0.29) is 0 Å². The molecule has 0 aromatic carbocycles. The van der Waals surface area contributed by atoms with Crippen molar-refractivity contribution in [2.24, 2.45) is 5.92 Å². The fourth-order valence-electron chi connectivity index (χ4n) is 1.76. The van der Waals surface area contributed by atoms with Gasteiger partial charge in [-0.15, -0.1) is 6.58 Å². The lowest BCUT2D eigenvalue weighted by Crippen LogP contribution is -2.24. The van der Waals surface area contributed by atoms with Crippen molar-refractivity contribution in [2.75, 3.05) is 26.8 Å². The summed E-state index contributed by atoms with van der Waals surface area (Å²) in [4.78, 5) is 0. The molecule has 0 saturated heterocycles. The molecule has 1 atom stereocenters. The third-order valence-corrected chi connectivity index (χ3v) is 2.83. The lowest BCUT2D eigenvalue weighted by molar-refractivity contribution is 0.198. The van der Waals surface area contributed by atoms with Gasteiger partial charge in [-0.3, -0.25) is 0 Å². The number of methoxy groups -OCH3 is 1. The fourth-order valence-corrected chi connectivity index (χ4v) is 1.76. The number of rotatable bonds is 12. The van der Waals surface area contributed by atoms with Gasteiger partial charge in [-0.2, -0.15) is 0 Å². The van der Waals surface area contributed by atoms with Crippen LogP contribution in [0.2, 0.25) is 0 Å². The van der Waals surface area contributed by atoms with E-state index in [1.54, 1.807) is 7.11 Å². The van der Waals surface area contributed by atoms with Crippen LogP contribution in [0.3, 0.4) is 0 Å². The Labute approximate surface area is 101 Å². The smallest absolute Gasteiger partial charge is 0.0587 e. The first-order valence-electron chi connectivity index (χ1n) is 6.61. The van der Waals surface area contributed by atoms with E-state index in [0.29, 0.717) is 0 Å². The van der Waals surface area contributed by atoms with Crippen molar-refractivity contribution in [3.63, 3.8) is 0 Å². The van der Waals surface area contributed by atoms with E-state index in [0.717, 1.165) is 25.6 Å². The lowest BCUT2D eigenvalue weighted by atomic mass is 10.0. The zero-order valence-electron chi connectivity index (χ0n) is 11.1. The molecule has 0 aromatic heterocycles. The first kappa shape index (κ1) is 15.7. The van der Waals surface area contributed by atoms with Gasteiger partial charge < -0.3 is 10.1 Å². The molecule has 16 heavy (non-hydrogen) atoms. The Bertz CT molecular complexity index is 148. The highest BCUT2D eigenvalue weighted by Gasteiger charge is 2.00. The maximum absolute atomic E-state index is 4.99. The summed E-state index contributed by atoms with van der Waals surface area (Å²) in [5.41, 5.74) is 0. The highest BCUT2D eigenvalue weighted by molar-refractivity contribution is 4.65. The predicted octanol–water partition coefficient (Wildman–Crippen LogP) is 3.39. The standard InChI is InChI=1S/C14H29NO/c1-4-5-6-7-8-9-10-14(2)13-15-11-12-16-3/h4,14-15H,1,5-13H2,2-3H3. The maximum atomic E-state index is 4.99. The van der Waals surface area contributed by atoms with Gasteiger partial charge in [-0.1, -0.05) is 32.3 Å². The molecule has 0 spiro atoms. The van der Waals surface area contributed by atoms with E-state index >= 15 is 0 Å². The van der Waals surface area contributed by atoms with Gasteiger partial charge in [0, 0.05) is 13.7 Å². The Hall–Kier alpha value is -0.340. The number of nitrogens with one attached hydrogen (secondary N) is 1. The van der Waals surface area contributed by atoms with Crippen LogP contribution in [-0.4, -0.2) is 26.8 Å². The second-order valence-corrected chi connectivity index (χ2v) is 4.58. The number of hydrogen-bond acceptors (Lipinski definition) is 2. The van der Waals surface area contributed by atoms with Gasteiger partial charge in [0.25, 0.3) is 0 Å². The average Bonchev–Trinajstić information content (AvgIpc) is 2.29. The van der Waals surface area contributed by atoms with Gasteiger partial charge in [0.1, 0.15) is 0 Å². The normalized spacial score (nSPS) is 12.6. The number of unbranched alkanes of at least 4 members (excludes halogenated alkanes) is 4. The van der Waals surface area contributed by atoms with Crippen molar-refractivity contribution >= 4 is 0 Å². The molecule has 0 fully saturated rings. The molecule has 2 heteroatoms. The molecule has 0 heterocycles. The van der Waals surface area contributed by atoms with Crippen LogP contribution in [0, 0.1) is 5.92 Å². The molecule has 0 rings (SSSR count). The van der Waals surface area contributed by atoms with E-state index in [2.05, 4.69) is 18.8 Å². The Morgan fingerprint density at radius 2 is 2.00 bits per heavy atom. The topological polar surface area (TPSA) is 21.3 Å². The molecule has 0 saturated carbocycles. The molecule has 0 aliphatic rings. The minimum absolute atomic E-state index is 0.788. The molecular weight excluding hydrogens is 198 g/mol. The van der Waals surface area contributed by atoms with E-state index in [1.165, 1.54) is 38.5 Å². The molecule has 0 amide bonds. The largest absolute Gasteiger partial charge is 0.383 e. The Balaban J connectivity index is 3.10. The number of hydrogen-bond donors (Lipinski definition) is 1. The van der Waals surface area contributed by atoms with Crippen molar-refractivity contribution in [3.05, 3.63) is 12.7 Å². The minimum atomic E-state index is 0.788. The molecule has 0 bridgehead atoms. The molecule has 96 valence electrons. The van der Waals surface area contributed by atoms with Crippen LogP contribution in [0.1, 0.15) is 45.4 Å². The quantitative estimate of drug-likeness (QED) is 0.407. The van der Waals surface area contributed by atoms with Crippen LogP contribution < -0.4 is 5.32 Å². The van der Waals surface area contributed by atoms with Crippen molar-refractivity contribution in [1.82, 2.24) is 5.32 Å². The zero-order valence-corrected chi connectivity index (χ0v) is 11.1. The molecule has 0 aliphatic heterocycles. The van der Waals surface area contributed by atoms with E-state index in [1.807, 2.05) is 6.08 Å². The molecule has 0 radical (unpaired) electrons. The maximum Gasteiger partial charge on any atom is 0.0587 e. The van der Waals surface area contributed by atoms with E-state index in [9.17, 15) is 0 Å². The molecule has 2 nitrogen and oxygen atoms in total. The van der Waals surface area contributed by atoms with Gasteiger partial charge in [-0.25, -0.2) is 0 Å². The SMILES string of the molecule is C=CCCCCCCC(C)CNCCOC. The van der Waals surface area contributed by atoms with Crippen LogP contribution in [-0.2, 0) is 4.74 Å².